The van der Waals surface area contributed by atoms with Gasteiger partial charge in [0.05, 0.1) is 22.3 Å². The standard InChI is InChI=1S/C15H16Cl2N2O2/c1-3-4-5-9-14(21)19(2)10-13(20)18-15-11(16)7-6-8-12(15)17/h3-9H,10H2,1-2H3,(H,18,20). The number of nitrogens with zero attached hydrogens (tertiary/aromatic N) is 1. The molecule has 0 radical (unpaired) electrons. The minimum Gasteiger partial charge on any atom is -0.333 e. The van der Waals surface area contributed by atoms with E-state index in [0.717, 1.165) is 0 Å². The highest BCUT2D eigenvalue weighted by Crippen LogP contribution is 2.29. The Morgan fingerprint density at radius 2 is 1.86 bits per heavy atom. The molecule has 0 aromatic heterocycles. The molecule has 1 rings (SSSR count). The van der Waals surface area contributed by atoms with Crippen molar-refractivity contribution in [2.24, 2.45) is 0 Å². The quantitative estimate of drug-likeness (QED) is 0.664. The van der Waals surface area contributed by atoms with E-state index in [-0.39, 0.29) is 18.4 Å². The molecule has 21 heavy (non-hydrogen) atoms. The lowest BCUT2D eigenvalue weighted by molar-refractivity contribution is -0.129. The number of amides is 2. The number of carbonyl (C=O) groups excluding carboxylic acids is 2. The van der Waals surface area contributed by atoms with Gasteiger partial charge in [0, 0.05) is 13.1 Å². The minimum absolute atomic E-state index is 0.0967. The molecule has 0 aliphatic heterocycles. The summed E-state index contributed by atoms with van der Waals surface area (Å²) in [6.45, 7) is 1.75. The number of hydrogen-bond acceptors (Lipinski definition) is 2. The normalized spacial score (nSPS) is 11.0. The van der Waals surface area contributed by atoms with Crippen LogP contribution in [0.4, 0.5) is 5.69 Å². The van der Waals surface area contributed by atoms with E-state index in [1.165, 1.54) is 18.0 Å². The highest BCUT2D eigenvalue weighted by Gasteiger charge is 2.13. The van der Waals surface area contributed by atoms with Crippen LogP contribution >= 0.6 is 23.2 Å². The second-order valence-corrected chi connectivity index (χ2v) is 5.04. The number of likely N-dealkylation sites (N-methyl/N-ethyl adjacent to an activating group) is 1. The van der Waals surface area contributed by atoms with Gasteiger partial charge in [-0.25, -0.2) is 0 Å². The van der Waals surface area contributed by atoms with Crippen molar-refractivity contribution in [2.45, 2.75) is 6.92 Å². The molecule has 2 amide bonds. The van der Waals surface area contributed by atoms with Crippen LogP contribution in [-0.4, -0.2) is 30.3 Å². The van der Waals surface area contributed by atoms with Gasteiger partial charge in [0.25, 0.3) is 0 Å². The molecular formula is C15H16Cl2N2O2. The third kappa shape index (κ3) is 5.61. The van der Waals surface area contributed by atoms with Crippen molar-refractivity contribution in [1.29, 1.82) is 0 Å². The van der Waals surface area contributed by atoms with Gasteiger partial charge in [-0.1, -0.05) is 47.5 Å². The lowest BCUT2D eigenvalue weighted by Gasteiger charge is -2.15. The Morgan fingerprint density at radius 3 is 2.43 bits per heavy atom. The van der Waals surface area contributed by atoms with Crippen molar-refractivity contribution in [3.63, 3.8) is 0 Å². The second-order valence-electron chi connectivity index (χ2n) is 4.22. The van der Waals surface area contributed by atoms with Crippen LogP contribution in [-0.2, 0) is 9.59 Å². The molecule has 1 aromatic carbocycles. The van der Waals surface area contributed by atoms with E-state index in [1.54, 1.807) is 36.4 Å². The summed E-state index contributed by atoms with van der Waals surface area (Å²) in [5.41, 5.74) is 0.344. The minimum atomic E-state index is -0.375. The number of para-hydroxylation sites is 1. The van der Waals surface area contributed by atoms with Crippen LogP contribution in [0, 0.1) is 0 Å². The molecule has 1 N–H and O–H groups in total. The van der Waals surface area contributed by atoms with Crippen LogP contribution in [0.2, 0.25) is 10.0 Å². The highest BCUT2D eigenvalue weighted by atomic mass is 35.5. The Labute approximate surface area is 134 Å². The van der Waals surface area contributed by atoms with Gasteiger partial charge >= 0.3 is 0 Å². The average Bonchev–Trinajstić information content (AvgIpc) is 2.43. The molecule has 0 spiro atoms. The van der Waals surface area contributed by atoms with E-state index in [1.807, 2.05) is 6.92 Å². The van der Waals surface area contributed by atoms with E-state index in [2.05, 4.69) is 5.32 Å². The van der Waals surface area contributed by atoms with E-state index >= 15 is 0 Å². The fourth-order valence-electron chi connectivity index (χ4n) is 1.47. The first kappa shape index (κ1) is 17.3. The Morgan fingerprint density at radius 1 is 1.24 bits per heavy atom. The summed E-state index contributed by atoms with van der Waals surface area (Å²) in [6, 6.07) is 4.93. The monoisotopic (exact) mass is 326 g/mol. The first-order chi connectivity index (χ1) is 9.95. The zero-order valence-electron chi connectivity index (χ0n) is 11.8. The first-order valence-corrected chi connectivity index (χ1v) is 6.99. The number of carbonyl (C=O) groups is 2. The zero-order valence-corrected chi connectivity index (χ0v) is 13.3. The molecule has 0 atom stereocenters. The zero-order chi connectivity index (χ0) is 15.8. The fourth-order valence-corrected chi connectivity index (χ4v) is 1.96. The van der Waals surface area contributed by atoms with Crippen LogP contribution in [0.15, 0.2) is 42.5 Å². The molecule has 4 nitrogen and oxygen atoms in total. The van der Waals surface area contributed by atoms with Crippen LogP contribution in [0.1, 0.15) is 6.92 Å². The Balaban J connectivity index is 2.63. The van der Waals surface area contributed by atoms with Gasteiger partial charge in [-0.2, -0.15) is 0 Å². The first-order valence-electron chi connectivity index (χ1n) is 6.24. The molecule has 0 heterocycles. The maximum absolute atomic E-state index is 11.9. The van der Waals surface area contributed by atoms with Crippen molar-refractivity contribution < 1.29 is 9.59 Å². The molecule has 0 saturated carbocycles. The Kier molecular flexibility index (Phi) is 6.99. The SMILES string of the molecule is CC=CC=CC(=O)N(C)CC(=O)Nc1c(Cl)cccc1Cl. The van der Waals surface area contributed by atoms with E-state index in [9.17, 15) is 9.59 Å². The second kappa shape index (κ2) is 8.49. The van der Waals surface area contributed by atoms with Gasteiger partial charge in [-0.05, 0) is 19.1 Å². The summed E-state index contributed by atoms with van der Waals surface area (Å²) in [7, 11) is 1.54. The third-order valence-corrected chi connectivity index (χ3v) is 3.16. The molecule has 0 aliphatic rings. The van der Waals surface area contributed by atoms with Gasteiger partial charge in [-0.3, -0.25) is 9.59 Å². The van der Waals surface area contributed by atoms with Gasteiger partial charge < -0.3 is 10.2 Å². The van der Waals surface area contributed by atoms with Gasteiger partial charge in [-0.15, -0.1) is 0 Å². The summed E-state index contributed by atoms with van der Waals surface area (Å²) < 4.78 is 0. The molecule has 0 unspecified atom stereocenters. The molecule has 112 valence electrons. The summed E-state index contributed by atoms with van der Waals surface area (Å²) in [5.74, 6) is -0.645. The smallest absolute Gasteiger partial charge is 0.246 e. The topological polar surface area (TPSA) is 49.4 Å². The summed E-state index contributed by atoms with van der Waals surface area (Å²) in [4.78, 5) is 24.9. The van der Waals surface area contributed by atoms with Crippen LogP contribution in [0.25, 0.3) is 0 Å². The van der Waals surface area contributed by atoms with Crippen molar-refractivity contribution in [3.8, 4) is 0 Å². The maximum atomic E-state index is 11.9. The lowest BCUT2D eigenvalue weighted by atomic mass is 10.3. The van der Waals surface area contributed by atoms with E-state index < -0.39 is 0 Å². The Bertz CT molecular complexity index is 563. The predicted octanol–water partition coefficient (Wildman–Crippen LogP) is 3.52. The van der Waals surface area contributed by atoms with Gasteiger partial charge in [0.2, 0.25) is 11.8 Å². The number of benzene rings is 1. The highest BCUT2D eigenvalue weighted by molar-refractivity contribution is 6.39. The van der Waals surface area contributed by atoms with Gasteiger partial charge in [0.1, 0.15) is 0 Å². The lowest BCUT2D eigenvalue weighted by Crippen LogP contribution is -2.34. The summed E-state index contributed by atoms with van der Waals surface area (Å²) in [6.07, 6.45) is 6.53. The maximum Gasteiger partial charge on any atom is 0.246 e. The van der Waals surface area contributed by atoms with Crippen LogP contribution < -0.4 is 5.32 Å². The molecular weight excluding hydrogens is 311 g/mol. The number of rotatable bonds is 5. The molecule has 0 saturated heterocycles. The summed E-state index contributed by atoms with van der Waals surface area (Å²) in [5, 5.41) is 3.29. The summed E-state index contributed by atoms with van der Waals surface area (Å²) >= 11 is 11.9. The van der Waals surface area contributed by atoms with Gasteiger partial charge in [0.15, 0.2) is 0 Å². The number of allylic oxidation sites excluding steroid dienone is 3. The molecule has 6 heteroatoms. The molecule has 1 aromatic rings. The van der Waals surface area contributed by atoms with Crippen molar-refractivity contribution in [2.75, 3.05) is 18.9 Å². The van der Waals surface area contributed by atoms with Crippen molar-refractivity contribution in [1.82, 2.24) is 4.90 Å². The Hall–Kier alpha value is -1.78. The molecule has 0 fully saturated rings. The largest absolute Gasteiger partial charge is 0.333 e. The third-order valence-electron chi connectivity index (χ3n) is 2.53. The number of halogens is 2. The van der Waals surface area contributed by atoms with Crippen molar-refractivity contribution in [3.05, 3.63) is 52.5 Å². The van der Waals surface area contributed by atoms with E-state index in [4.69, 9.17) is 23.2 Å². The number of hydrogen-bond donors (Lipinski definition) is 1. The van der Waals surface area contributed by atoms with Crippen molar-refractivity contribution >= 4 is 40.7 Å². The number of nitrogens with one attached hydrogen (secondary N) is 1. The van der Waals surface area contributed by atoms with Crippen LogP contribution in [0.3, 0.4) is 0 Å². The fraction of sp³-hybridized carbons (Fsp3) is 0.200. The average molecular weight is 327 g/mol. The van der Waals surface area contributed by atoms with E-state index in [0.29, 0.717) is 15.7 Å². The molecule has 0 aliphatic carbocycles. The number of anilines is 1. The predicted molar refractivity (Wildman–Crippen MR) is 86.7 cm³/mol. The molecule has 0 bridgehead atoms. The van der Waals surface area contributed by atoms with Crippen LogP contribution in [0.5, 0.6) is 0 Å².